The van der Waals surface area contributed by atoms with Crippen LogP contribution < -0.4 is 0 Å². The molecule has 215 valence electrons. The molecule has 0 saturated heterocycles. The summed E-state index contributed by atoms with van der Waals surface area (Å²) < 4.78 is 2.20. The summed E-state index contributed by atoms with van der Waals surface area (Å²) in [5.74, 6) is 0. The first-order valence-electron chi connectivity index (χ1n) is 14.7. The molecule has 0 N–H and O–H groups in total. The van der Waals surface area contributed by atoms with Crippen molar-refractivity contribution in [2.24, 2.45) is 4.99 Å². The molecular formula is C38H44N2Pd+. The molecule has 0 radical (unpaired) electrons. The van der Waals surface area contributed by atoms with Gasteiger partial charge >= 0.3 is 260 Å². The summed E-state index contributed by atoms with van der Waals surface area (Å²) in [6, 6.07) is 22.4. The number of nitrogens with zero attached hydrogens (tertiary/aromatic N) is 2. The van der Waals surface area contributed by atoms with Gasteiger partial charge in [-0.15, -0.1) is 0 Å². The van der Waals surface area contributed by atoms with Crippen LogP contribution in [0.5, 0.6) is 0 Å². The van der Waals surface area contributed by atoms with Gasteiger partial charge in [0.05, 0.1) is 0 Å². The average molecular weight is 635 g/mol. The SMILES string of the molecule is CCc1cccc(C)c1-c1cc(C)cc(C)c1N=C(C)C(C)=[N+]([Pd])c1c(C)cc(C)cc1-c1c(C)cccc1CC. The summed E-state index contributed by atoms with van der Waals surface area (Å²) in [5, 5.41) is 0. The van der Waals surface area contributed by atoms with Crippen molar-refractivity contribution >= 4 is 22.8 Å². The van der Waals surface area contributed by atoms with E-state index in [1.54, 1.807) is 0 Å². The third kappa shape index (κ3) is 6.23. The normalized spacial score (nSPS) is 12.5. The van der Waals surface area contributed by atoms with E-state index < -0.39 is 0 Å². The van der Waals surface area contributed by atoms with Crippen LogP contribution in [0.3, 0.4) is 0 Å². The molecule has 0 atom stereocenters. The topological polar surface area (TPSA) is 15.4 Å². The van der Waals surface area contributed by atoms with E-state index >= 15 is 0 Å². The fraction of sp³-hybridized carbons (Fsp3) is 0.316. The first kappa shape index (κ1) is 30.8. The number of hydrogen-bond acceptors (Lipinski definition) is 1. The van der Waals surface area contributed by atoms with Gasteiger partial charge in [0.25, 0.3) is 0 Å². The first-order chi connectivity index (χ1) is 19.5. The van der Waals surface area contributed by atoms with E-state index in [0.717, 1.165) is 30.0 Å². The molecule has 0 heterocycles. The molecule has 2 nitrogen and oxygen atoms in total. The quantitative estimate of drug-likeness (QED) is 0.142. The van der Waals surface area contributed by atoms with Crippen LogP contribution in [-0.4, -0.2) is 14.6 Å². The van der Waals surface area contributed by atoms with Gasteiger partial charge in [0.2, 0.25) is 0 Å². The van der Waals surface area contributed by atoms with Gasteiger partial charge in [0.15, 0.2) is 0 Å². The van der Waals surface area contributed by atoms with E-state index in [1.807, 2.05) is 0 Å². The summed E-state index contributed by atoms with van der Waals surface area (Å²) in [6.07, 6.45) is 1.98. The molecule has 0 amide bonds. The maximum atomic E-state index is 5.35. The van der Waals surface area contributed by atoms with Crippen LogP contribution in [0.15, 0.2) is 65.7 Å². The second-order valence-electron chi connectivity index (χ2n) is 11.4. The zero-order chi connectivity index (χ0) is 30.0. The van der Waals surface area contributed by atoms with Crippen molar-refractivity contribution in [1.82, 2.24) is 0 Å². The molecule has 0 saturated carbocycles. The van der Waals surface area contributed by atoms with Crippen LogP contribution in [0, 0.1) is 41.5 Å². The number of aliphatic imine (C=N–C) groups is 1. The Kier molecular flexibility index (Phi) is 9.63. The molecule has 0 aliphatic heterocycles. The molecule has 4 aromatic carbocycles. The van der Waals surface area contributed by atoms with Crippen molar-refractivity contribution in [2.75, 3.05) is 0 Å². The van der Waals surface area contributed by atoms with E-state index in [2.05, 4.69) is 153 Å². The third-order valence-electron chi connectivity index (χ3n) is 8.17. The number of aryl methyl sites for hydroxylation is 8. The van der Waals surface area contributed by atoms with Crippen LogP contribution in [0.2, 0.25) is 0 Å². The Morgan fingerprint density at radius 2 is 1.15 bits per heavy atom. The molecule has 0 spiro atoms. The Morgan fingerprint density at radius 3 is 1.68 bits per heavy atom. The van der Waals surface area contributed by atoms with Crippen LogP contribution in [0.1, 0.15) is 72.2 Å². The molecule has 4 rings (SSSR count). The molecule has 0 aromatic heterocycles. The predicted octanol–water partition coefficient (Wildman–Crippen LogP) is 10.4. The van der Waals surface area contributed by atoms with E-state index in [9.17, 15) is 0 Å². The number of benzene rings is 4. The Hall–Kier alpha value is -3.12. The Labute approximate surface area is 259 Å². The summed E-state index contributed by atoms with van der Waals surface area (Å²) >= 11 is 3.64. The van der Waals surface area contributed by atoms with E-state index in [4.69, 9.17) is 4.99 Å². The second kappa shape index (κ2) is 12.8. The first-order valence-corrected chi connectivity index (χ1v) is 15.4. The van der Waals surface area contributed by atoms with Gasteiger partial charge in [-0.1, -0.05) is 0 Å². The minimum absolute atomic E-state index is 0.988. The Morgan fingerprint density at radius 1 is 0.659 bits per heavy atom. The zero-order valence-electron chi connectivity index (χ0n) is 26.4. The van der Waals surface area contributed by atoms with E-state index in [0.29, 0.717) is 0 Å². The van der Waals surface area contributed by atoms with Crippen molar-refractivity contribution in [3.8, 4) is 22.3 Å². The van der Waals surface area contributed by atoms with Gasteiger partial charge in [-0.3, -0.25) is 0 Å². The van der Waals surface area contributed by atoms with Crippen molar-refractivity contribution in [1.29, 1.82) is 0 Å². The van der Waals surface area contributed by atoms with Crippen molar-refractivity contribution in [3.63, 3.8) is 0 Å². The monoisotopic (exact) mass is 634 g/mol. The van der Waals surface area contributed by atoms with Crippen LogP contribution >= 0.6 is 0 Å². The number of rotatable bonds is 7. The van der Waals surface area contributed by atoms with Gasteiger partial charge in [-0.25, -0.2) is 0 Å². The van der Waals surface area contributed by atoms with Crippen LogP contribution in [-0.2, 0) is 32.3 Å². The average Bonchev–Trinajstić information content (AvgIpc) is 2.92. The molecular weight excluding hydrogens is 591 g/mol. The number of hydrogen-bond donors (Lipinski definition) is 0. The fourth-order valence-electron chi connectivity index (χ4n) is 6.06. The molecule has 41 heavy (non-hydrogen) atoms. The molecule has 4 aromatic rings. The van der Waals surface area contributed by atoms with Crippen molar-refractivity contribution < 1.29 is 22.7 Å². The summed E-state index contributed by atoms with van der Waals surface area (Å²) in [6.45, 7) is 22.0. The third-order valence-corrected chi connectivity index (χ3v) is 9.04. The standard InChI is InChI=1S/C38H44N2.Pd/c1-11-31-17-13-15-25(5)35(31)33-21-23(3)19-27(7)37(33)39-29(9)30(10)40-38-28(8)20-24(4)22-34(38)36-26(6)16-14-18-32(36)12-2;/h13-22H,11-12H2,1-10H3;/q;+1. The Bertz CT molecular complexity index is 1690. The molecule has 0 fully saturated rings. The fourth-order valence-corrected chi connectivity index (χ4v) is 6.77. The van der Waals surface area contributed by atoms with Crippen LogP contribution in [0.25, 0.3) is 22.3 Å². The molecule has 0 bridgehead atoms. The second-order valence-corrected chi connectivity index (χ2v) is 12.1. The van der Waals surface area contributed by atoms with E-state index in [-0.39, 0.29) is 0 Å². The Balaban J connectivity index is 1.96. The van der Waals surface area contributed by atoms with Crippen molar-refractivity contribution in [3.05, 3.63) is 105 Å². The van der Waals surface area contributed by atoms with E-state index in [1.165, 1.54) is 72.4 Å². The van der Waals surface area contributed by atoms with Crippen LogP contribution in [0.4, 0.5) is 11.4 Å². The molecule has 0 unspecified atom stereocenters. The van der Waals surface area contributed by atoms with Gasteiger partial charge in [0.1, 0.15) is 0 Å². The van der Waals surface area contributed by atoms with Crippen molar-refractivity contribution in [2.45, 2.75) is 82.1 Å². The van der Waals surface area contributed by atoms with Gasteiger partial charge in [-0.2, -0.15) is 0 Å². The summed E-state index contributed by atoms with van der Waals surface area (Å²) in [4.78, 5) is 5.35. The predicted molar refractivity (Wildman–Crippen MR) is 174 cm³/mol. The summed E-state index contributed by atoms with van der Waals surface area (Å²) in [5.41, 5.74) is 19.7. The van der Waals surface area contributed by atoms with Gasteiger partial charge in [-0.05, 0) is 0 Å². The summed E-state index contributed by atoms with van der Waals surface area (Å²) in [7, 11) is 0. The molecule has 3 heteroatoms. The van der Waals surface area contributed by atoms with Gasteiger partial charge < -0.3 is 0 Å². The molecule has 0 aliphatic carbocycles. The molecule has 0 aliphatic rings. The maximum absolute atomic E-state index is 5.35. The zero-order valence-corrected chi connectivity index (χ0v) is 28.0. The minimum atomic E-state index is 0.988. The van der Waals surface area contributed by atoms with Gasteiger partial charge in [0, 0.05) is 0 Å².